The van der Waals surface area contributed by atoms with Gasteiger partial charge in [0.2, 0.25) is 0 Å². The maximum Gasteiger partial charge on any atom is 0.361 e. The second-order valence-electron chi connectivity index (χ2n) is 5.16. The predicted octanol–water partition coefficient (Wildman–Crippen LogP) is 2.86. The van der Waals surface area contributed by atoms with Crippen molar-refractivity contribution >= 4 is 32.5 Å². The first-order valence-corrected chi connectivity index (χ1v) is 8.15. The lowest BCUT2D eigenvalue weighted by atomic mass is 10.2. The molecule has 0 atom stereocenters. The molecular weight excluding hydrogens is 398 g/mol. The van der Waals surface area contributed by atoms with Crippen LogP contribution in [-0.2, 0) is 5.33 Å². The first-order chi connectivity index (χ1) is 11.6. The van der Waals surface area contributed by atoms with Gasteiger partial charge in [0.1, 0.15) is 16.4 Å². The van der Waals surface area contributed by atoms with Crippen LogP contribution in [-0.4, -0.2) is 25.5 Å². The summed E-state index contributed by atoms with van der Waals surface area (Å²) in [6, 6.07) is 10.6. The van der Waals surface area contributed by atoms with E-state index in [0.717, 1.165) is 16.8 Å². The van der Waals surface area contributed by atoms with Crippen LogP contribution in [0.1, 0.15) is 5.69 Å². The van der Waals surface area contributed by atoms with Gasteiger partial charge in [-0.05, 0) is 24.3 Å². The molecule has 0 spiro atoms. The Bertz CT molecular complexity index is 1100. The number of aromatic hydroxyl groups is 1. The Balaban J connectivity index is 0.00000182. The molecule has 2 aromatic heterocycles. The fourth-order valence-corrected chi connectivity index (χ4v) is 3.00. The standard InChI is InChI=1S/C16H9BrF2N4O.H2O/c17-8-13-15-16(24)22(9-5-6-10(18)11(19)7-9)21-23(15)14-4-2-1-3-12(14)20-13;/h1-7H,8H2;1H2. The fourth-order valence-electron chi connectivity index (χ4n) is 2.61. The third-order valence-corrected chi connectivity index (χ3v) is 4.25. The van der Waals surface area contributed by atoms with Gasteiger partial charge >= 0.3 is 5.88 Å². The van der Waals surface area contributed by atoms with Crippen molar-refractivity contribution < 1.29 is 23.9 Å². The number of alkyl halides is 1. The average Bonchev–Trinajstić information content (AvgIpc) is 2.95. The molecule has 25 heavy (non-hydrogen) atoms. The van der Waals surface area contributed by atoms with Gasteiger partial charge in [-0.2, -0.15) is 0 Å². The number of para-hydroxylation sites is 2. The highest BCUT2D eigenvalue weighted by Crippen LogP contribution is 2.25. The van der Waals surface area contributed by atoms with Crippen LogP contribution in [0.2, 0.25) is 0 Å². The minimum Gasteiger partial charge on any atom is -0.870 e. The molecule has 0 aliphatic rings. The molecule has 9 heteroatoms. The Morgan fingerprint density at radius 3 is 2.60 bits per heavy atom. The summed E-state index contributed by atoms with van der Waals surface area (Å²) >= 11 is 3.35. The summed E-state index contributed by atoms with van der Waals surface area (Å²) in [6.07, 6.45) is 0. The molecule has 128 valence electrons. The number of halogens is 3. The highest BCUT2D eigenvalue weighted by atomic mass is 79.9. The van der Waals surface area contributed by atoms with Crippen LogP contribution in [0.4, 0.5) is 8.78 Å². The average molecular weight is 409 g/mol. The minimum absolute atomic E-state index is 0. The summed E-state index contributed by atoms with van der Waals surface area (Å²) in [5, 5.41) is 15.3. The van der Waals surface area contributed by atoms with Gasteiger partial charge in [-0.1, -0.05) is 37.3 Å². The van der Waals surface area contributed by atoms with Gasteiger partial charge in [0.25, 0.3) is 5.52 Å². The number of aromatic nitrogens is 4. The van der Waals surface area contributed by atoms with E-state index in [1.165, 1.54) is 10.6 Å². The number of hydrogen-bond donors (Lipinski definition) is 1. The Labute approximate surface area is 148 Å². The zero-order chi connectivity index (χ0) is 16.8. The van der Waals surface area contributed by atoms with Crippen molar-refractivity contribution in [2.75, 3.05) is 0 Å². The lowest BCUT2D eigenvalue weighted by molar-refractivity contribution is -0.556. The zero-order valence-electron chi connectivity index (χ0n) is 12.6. The zero-order valence-corrected chi connectivity index (χ0v) is 14.2. The Hall–Kier alpha value is -2.65. The maximum atomic E-state index is 13.5. The van der Waals surface area contributed by atoms with E-state index in [4.69, 9.17) is 0 Å². The van der Waals surface area contributed by atoms with Crippen molar-refractivity contribution in [1.82, 2.24) is 14.9 Å². The molecule has 0 radical (unpaired) electrons. The minimum atomic E-state index is -1.01. The molecule has 0 saturated carbocycles. The molecule has 0 aliphatic carbocycles. The van der Waals surface area contributed by atoms with Gasteiger partial charge < -0.3 is 10.6 Å². The van der Waals surface area contributed by atoms with E-state index in [0.29, 0.717) is 27.6 Å². The molecule has 0 amide bonds. The lowest BCUT2D eigenvalue weighted by Crippen LogP contribution is -2.27. The fraction of sp³-hybridized carbons (Fsp3) is 0.0625. The van der Waals surface area contributed by atoms with Crippen LogP contribution in [0.25, 0.3) is 22.2 Å². The van der Waals surface area contributed by atoms with Gasteiger partial charge in [-0.3, -0.25) is 0 Å². The molecule has 4 rings (SSSR count). The second kappa shape index (κ2) is 6.34. The van der Waals surface area contributed by atoms with Gasteiger partial charge in [-0.25, -0.2) is 13.8 Å². The molecular formula is C16H11BrF2N4O2. The van der Waals surface area contributed by atoms with Crippen molar-refractivity contribution in [2.45, 2.75) is 5.33 Å². The first kappa shape index (κ1) is 17.2. The molecule has 6 nitrogen and oxygen atoms in total. The van der Waals surface area contributed by atoms with E-state index in [1.54, 1.807) is 0 Å². The molecule has 2 heterocycles. The molecule has 0 aliphatic heterocycles. The number of hydrogen-bond acceptors (Lipinski definition) is 4. The Kier molecular flexibility index (Phi) is 4.36. The third kappa shape index (κ3) is 2.61. The summed E-state index contributed by atoms with van der Waals surface area (Å²) in [5.41, 5.74) is 2.59. The van der Waals surface area contributed by atoms with Crippen molar-refractivity contribution in [3.63, 3.8) is 0 Å². The maximum absolute atomic E-state index is 13.5. The van der Waals surface area contributed by atoms with Crippen molar-refractivity contribution in [3.8, 4) is 11.6 Å². The van der Waals surface area contributed by atoms with Gasteiger partial charge in [0.15, 0.2) is 22.8 Å². The van der Waals surface area contributed by atoms with E-state index >= 15 is 0 Å². The first-order valence-electron chi connectivity index (χ1n) is 7.03. The summed E-state index contributed by atoms with van der Waals surface area (Å²) in [6.45, 7) is 0. The SMILES string of the molecule is Oc1c2c(CBr)nc3ccccc3[n+]2nn1-c1ccc(F)c(F)c1.[OH-]. The summed E-state index contributed by atoms with van der Waals surface area (Å²) < 4.78 is 29.4. The third-order valence-electron chi connectivity index (χ3n) is 3.72. The van der Waals surface area contributed by atoms with Crippen LogP contribution >= 0.6 is 15.9 Å². The van der Waals surface area contributed by atoms with Gasteiger partial charge in [0.05, 0.1) is 5.33 Å². The van der Waals surface area contributed by atoms with Crippen LogP contribution < -0.4 is 4.52 Å². The molecule has 2 N–H and O–H groups in total. The Morgan fingerprint density at radius 1 is 1.12 bits per heavy atom. The molecule has 0 saturated heterocycles. The summed E-state index contributed by atoms with van der Waals surface area (Å²) in [4.78, 5) is 4.51. The van der Waals surface area contributed by atoms with Crippen molar-refractivity contribution in [1.29, 1.82) is 0 Å². The van der Waals surface area contributed by atoms with Gasteiger partial charge in [-0.15, -0.1) is 0 Å². The van der Waals surface area contributed by atoms with Gasteiger partial charge in [0, 0.05) is 6.07 Å². The quantitative estimate of drug-likeness (QED) is 0.408. The van der Waals surface area contributed by atoms with Crippen molar-refractivity contribution in [2.24, 2.45) is 0 Å². The molecule has 0 bridgehead atoms. The van der Waals surface area contributed by atoms with E-state index < -0.39 is 11.6 Å². The number of nitrogens with zero attached hydrogens (tertiary/aromatic N) is 4. The van der Waals surface area contributed by atoms with Crippen molar-refractivity contribution in [3.05, 3.63) is 59.8 Å². The molecule has 0 fully saturated rings. The molecule has 0 unspecified atom stereocenters. The summed E-state index contributed by atoms with van der Waals surface area (Å²) in [7, 11) is 0. The van der Waals surface area contributed by atoms with Crippen LogP contribution in [0.15, 0.2) is 42.5 Å². The smallest absolute Gasteiger partial charge is 0.361 e. The number of rotatable bonds is 2. The van der Waals surface area contributed by atoms with Crippen LogP contribution in [0.3, 0.4) is 0 Å². The van der Waals surface area contributed by atoms with E-state index in [-0.39, 0.29) is 17.0 Å². The topological polar surface area (TPSA) is 85.0 Å². The van der Waals surface area contributed by atoms with E-state index in [1.807, 2.05) is 24.3 Å². The molecule has 2 aromatic carbocycles. The highest BCUT2D eigenvalue weighted by Gasteiger charge is 2.27. The predicted molar refractivity (Wildman–Crippen MR) is 88.2 cm³/mol. The second-order valence-corrected chi connectivity index (χ2v) is 5.73. The monoisotopic (exact) mass is 408 g/mol. The Morgan fingerprint density at radius 2 is 1.88 bits per heavy atom. The number of benzene rings is 2. The largest absolute Gasteiger partial charge is 0.870 e. The molecule has 4 aromatic rings. The highest BCUT2D eigenvalue weighted by molar-refractivity contribution is 9.08. The number of fused-ring (bicyclic) bond motifs is 3. The van der Waals surface area contributed by atoms with E-state index in [2.05, 4.69) is 26.1 Å². The van der Waals surface area contributed by atoms with Crippen LogP contribution in [0.5, 0.6) is 5.88 Å². The van der Waals surface area contributed by atoms with Crippen LogP contribution in [0, 0.1) is 11.6 Å². The van der Waals surface area contributed by atoms with E-state index in [9.17, 15) is 13.9 Å². The normalized spacial score (nSPS) is 11.0. The summed E-state index contributed by atoms with van der Waals surface area (Å²) in [5.74, 6) is -2.18. The lowest BCUT2D eigenvalue weighted by Gasteiger charge is -1.98.